The maximum Gasteiger partial charge on any atom is 0.261 e. The lowest BCUT2D eigenvalue weighted by molar-refractivity contribution is -0.136. The molecule has 6 aromatic heterocycles. The highest BCUT2D eigenvalue weighted by Gasteiger charge is 2.45. The fourth-order valence-corrected chi connectivity index (χ4v) is 24.4. The number of rotatable bonds is 10. The van der Waals surface area contributed by atoms with Crippen LogP contribution in [-0.2, 0) is 93.2 Å². The molecule has 5 fully saturated rings. The maximum atomic E-state index is 13.1. The predicted molar refractivity (Wildman–Crippen MR) is 423 cm³/mol. The molecule has 4 atom stereocenters. The Labute approximate surface area is 650 Å². The Bertz CT molecular complexity index is 5340. The van der Waals surface area contributed by atoms with E-state index in [0.29, 0.717) is 143 Å². The third-order valence-corrected chi connectivity index (χ3v) is 31.1. The van der Waals surface area contributed by atoms with Gasteiger partial charge >= 0.3 is 0 Å². The molecule has 588 valence electrons. The van der Waals surface area contributed by atoms with Crippen LogP contribution < -0.4 is 0 Å². The summed E-state index contributed by atoms with van der Waals surface area (Å²) in [6, 6.07) is 30.6. The van der Waals surface area contributed by atoms with Crippen molar-refractivity contribution >= 4 is 81.2 Å². The number of carbonyl (C=O) groups is 1. The van der Waals surface area contributed by atoms with E-state index in [1.54, 1.807) is 122 Å². The van der Waals surface area contributed by atoms with Crippen LogP contribution in [0.5, 0.6) is 0 Å². The summed E-state index contributed by atoms with van der Waals surface area (Å²) in [7, 11) is -18.0. The predicted octanol–water partition coefficient (Wildman–Crippen LogP) is 7.76. The molecule has 5 saturated heterocycles. The number of aromatic nitrogens is 6. The van der Waals surface area contributed by atoms with Crippen molar-refractivity contribution in [2.45, 2.75) is 149 Å². The fraction of sp³-hybridized carbons (Fsp3) is 0.455. The molecule has 0 spiro atoms. The molecule has 34 heteroatoms. The molecule has 0 saturated carbocycles. The molecule has 16 heterocycles. The number of aliphatic imine (C=N–C) groups is 5. The molecule has 7 aromatic rings. The Morgan fingerprint density at radius 3 is 1.27 bits per heavy atom. The number of sulfonamides is 5. The van der Waals surface area contributed by atoms with Crippen molar-refractivity contribution in [2.24, 2.45) is 36.8 Å². The minimum absolute atomic E-state index is 0.0420. The van der Waals surface area contributed by atoms with E-state index < -0.39 is 55.7 Å². The third-order valence-electron chi connectivity index (χ3n) is 21.6. The molecule has 29 nitrogen and oxygen atoms in total. The summed E-state index contributed by atoms with van der Waals surface area (Å²) >= 11 is 0. The zero-order valence-electron chi connectivity index (χ0n) is 62.6. The van der Waals surface area contributed by atoms with Gasteiger partial charge in [0.1, 0.15) is 0 Å². The highest BCUT2D eigenvalue weighted by molar-refractivity contribution is 8.06. The molecule has 0 bridgehead atoms. The van der Waals surface area contributed by atoms with Crippen LogP contribution in [0.1, 0.15) is 172 Å². The molecule has 1 N–H and O–H groups in total. The van der Waals surface area contributed by atoms with Crippen molar-refractivity contribution in [1.82, 2.24) is 56.3 Å². The summed E-state index contributed by atoms with van der Waals surface area (Å²) in [5.41, 5.74) is 7.53. The largest absolute Gasteiger partial charge is 0.385 e. The molecule has 10 aliphatic rings. The average Bonchev–Trinajstić information content (AvgIpc) is 1.76. The molecular weight excluding hydrogens is 1520 g/mol. The first-order chi connectivity index (χ1) is 53.4. The maximum absolute atomic E-state index is 13.1. The summed E-state index contributed by atoms with van der Waals surface area (Å²) in [6.07, 6.45) is 20.5. The monoisotopic (exact) mass is 1610 g/mol. The second kappa shape index (κ2) is 34.4. The quantitative estimate of drug-likeness (QED) is 0.137. The number of benzene rings is 1. The van der Waals surface area contributed by atoms with Gasteiger partial charge in [-0.25, -0.2) is 42.1 Å². The number of pyridine rings is 6. The van der Waals surface area contributed by atoms with Gasteiger partial charge in [0.25, 0.3) is 50.1 Å². The van der Waals surface area contributed by atoms with Crippen LogP contribution in [0.25, 0.3) is 0 Å². The van der Waals surface area contributed by atoms with Crippen molar-refractivity contribution in [2.75, 3.05) is 65.4 Å². The fourth-order valence-electron chi connectivity index (χ4n) is 15.7. The third kappa shape index (κ3) is 17.1. The Balaban J connectivity index is 0.000000122. The molecule has 0 radical (unpaired) electrons. The smallest absolute Gasteiger partial charge is 0.261 e. The van der Waals surface area contributed by atoms with E-state index in [1.807, 2.05) is 63.2 Å². The number of piperidine rings is 4. The van der Waals surface area contributed by atoms with Gasteiger partial charge in [-0.2, -0.15) is 21.5 Å². The van der Waals surface area contributed by atoms with E-state index in [0.717, 1.165) is 79.6 Å². The van der Waals surface area contributed by atoms with Crippen molar-refractivity contribution in [3.63, 3.8) is 0 Å². The van der Waals surface area contributed by atoms with Gasteiger partial charge in [-0.15, -0.1) is 0 Å². The SMILES string of the molecule is CC1CCCCN1S(=O)(=O)C1=NCc2ncccc21.CC1CCCN(S(=O)(=O)C2=NCc3ncccc32)C1.CCN(CC)C(=O)C1CCCN(S(=O)(=O)C2=NCc3ncccc32)C1.O=S(=O)(C1=NCc2ncccc21)N1CCC(O)(c2ccccc2)CC1.O=S(=O)(C1=NCc2ncccc21)N1CCCC1c1cccnc1. The zero-order chi connectivity index (χ0) is 78.3. The van der Waals surface area contributed by atoms with Gasteiger partial charge < -0.3 is 10.0 Å². The second-order valence-corrected chi connectivity index (χ2v) is 37.9. The minimum Gasteiger partial charge on any atom is -0.385 e. The zero-order valence-corrected chi connectivity index (χ0v) is 66.7. The van der Waals surface area contributed by atoms with Crippen LogP contribution in [0, 0.1) is 11.8 Å². The molecule has 0 aliphatic carbocycles. The van der Waals surface area contributed by atoms with Crippen molar-refractivity contribution in [1.29, 1.82) is 0 Å². The van der Waals surface area contributed by atoms with Gasteiger partial charge in [-0.05, 0) is 169 Å². The van der Waals surface area contributed by atoms with E-state index in [2.05, 4.69) is 61.8 Å². The first-order valence-electron chi connectivity index (χ1n) is 37.8. The number of hydrogen-bond donors (Lipinski definition) is 1. The first-order valence-corrected chi connectivity index (χ1v) is 45.0. The molecular formula is C77H93N17O12S5. The summed E-state index contributed by atoms with van der Waals surface area (Å²) < 4.78 is 137. The van der Waals surface area contributed by atoms with E-state index in [9.17, 15) is 52.0 Å². The Hall–Kier alpha value is -8.55. The standard InChI is InChI=1S/C18H19N3O3S.C17H24N4O3S.C16H16N4O2S.2C13H17N3O2S/c22-18(14-5-2-1-3-6-14)8-11-21(12-9-18)25(23,24)17-15-7-4-10-19-16(15)13-20-17;1-3-20(4-2)17(22)13-7-6-10-21(12-13)25(23,24)16-14-8-5-9-18-15(14)11-19-16;21-23(22,16-13-5-2-8-18-14(13)11-19-16)20-9-3-6-15(20)12-4-1-7-17-10-12;1-10-4-3-7-16(9-10)19(17,18)13-11-5-2-6-14-12(11)8-15-13;1-10-5-2-3-8-16(10)19(17,18)13-11-6-4-7-14-12(11)9-15-13/h1-7,10,22H,8-9,11-13H2;5,8-9,13H,3-4,6-7,10-12H2,1-2H3;1-2,4-5,7-8,10,15H,3,6,9,11H2;2,5-6,10H,3-4,7-9H2,1H3;4,6-7,10H,2-3,5,8-9H2,1H3. The Morgan fingerprint density at radius 2 is 0.838 bits per heavy atom. The van der Waals surface area contributed by atoms with Gasteiger partial charge in [-0.1, -0.05) is 49.7 Å². The van der Waals surface area contributed by atoms with Crippen LogP contribution >= 0.6 is 0 Å². The summed E-state index contributed by atoms with van der Waals surface area (Å²) in [4.78, 5) is 60.6. The Morgan fingerprint density at radius 1 is 0.432 bits per heavy atom. The van der Waals surface area contributed by atoms with Gasteiger partial charge in [0.05, 0.1) is 78.8 Å². The normalized spacial score (nSPS) is 21.9. The summed E-state index contributed by atoms with van der Waals surface area (Å²) in [5, 5.41) is 11.6. The number of fused-ring (bicyclic) bond motifs is 5. The Kier molecular flexibility index (Phi) is 25.0. The lowest BCUT2D eigenvalue weighted by atomic mass is 9.85. The lowest BCUT2D eigenvalue weighted by Gasteiger charge is -2.37. The number of nitrogens with zero attached hydrogens (tertiary/aromatic N) is 17. The summed E-state index contributed by atoms with van der Waals surface area (Å²) in [5.74, 6) is 0.179. The van der Waals surface area contributed by atoms with Crippen LogP contribution in [0.15, 0.2) is 171 Å². The van der Waals surface area contributed by atoms with Gasteiger partial charge in [0.2, 0.25) is 5.91 Å². The molecule has 17 rings (SSSR count). The number of carbonyl (C=O) groups excluding carboxylic acids is 1. The lowest BCUT2D eigenvalue weighted by Crippen LogP contribution is -2.48. The molecule has 10 aliphatic heterocycles. The van der Waals surface area contributed by atoms with E-state index in [-0.39, 0.29) is 68.8 Å². The van der Waals surface area contributed by atoms with Crippen molar-refractivity contribution in [3.05, 3.63) is 214 Å². The van der Waals surface area contributed by atoms with Crippen molar-refractivity contribution in [3.8, 4) is 0 Å². The second-order valence-electron chi connectivity index (χ2n) is 28.7. The van der Waals surface area contributed by atoms with Gasteiger partial charge in [0.15, 0.2) is 25.2 Å². The van der Waals surface area contributed by atoms with Crippen LogP contribution in [0.2, 0.25) is 0 Å². The topological polar surface area (TPSA) is 367 Å². The van der Waals surface area contributed by atoms with Crippen LogP contribution in [0.4, 0.5) is 0 Å². The highest BCUT2D eigenvalue weighted by atomic mass is 32.2. The average molecular weight is 1610 g/mol. The van der Waals surface area contributed by atoms with E-state index >= 15 is 0 Å². The first kappa shape index (κ1) is 80.5. The summed E-state index contributed by atoms with van der Waals surface area (Å²) in [6.45, 7) is 14.4. The van der Waals surface area contributed by atoms with E-state index in [1.165, 1.54) is 8.61 Å². The molecule has 4 unspecified atom stereocenters. The number of amides is 1. The van der Waals surface area contributed by atoms with Gasteiger partial charge in [-0.3, -0.25) is 59.7 Å². The molecule has 1 amide bonds. The van der Waals surface area contributed by atoms with Crippen molar-refractivity contribution < 1.29 is 52.0 Å². The highest BCUT2D eigenvalue weighted by Crippen LogP contribution is 2.39. The number of hydrogen-bond acceptors (Lipinski definition) is 23. The van der Waals surface area contributed by atoms with Crippen LogP contribution in [-0.4, -0.2) is 206 Å². The van der Waals surface area contributed by atoms with Gasteiger partial charge in [0, 0.05) is 143 Å². The molecule has 1 aromatic carbocycles. The molecule has 111 heavy (non-hydrogen) atoms. The minimum atomic E-state index is -3.71. The van der Waals surface area contributed by atoms with E-state index in [4.69, 9.17) is 0 Å². The van der Waals surface area contributed by atoms with Crippen LogP contribution in [0.3, 0.4) is 0 Å². The number of aliphatic hydroxyl groups is 1.